The van der Waals surface area contributed by atoms with E-state index in [1.54, 1.807) is 23.1 Å². The number of phenols is 1. The zero-order chi connectivity index (χ0) is 23.7. The van der Waals surface area contributed by atoms with Crippen LogP contribution in [0.5, 0.6) is 5.75 Å². The van der Waals surface area contributed by atoms with Crippen LogP contribution in [-0.4, -0.2) is 61.8 Å². The van der Waals surface area contributed by atoms with Crippen LogP contribution in [0.1, 0.15) is 68.3 Å². The van der Waals surface area contributed by atoms with E-state index < -0.39 is 18.4 Å². The second kappa shape index (κ2) is 12.6. The van der Waals surface area contributed by atoms with Crippen molar-refractivity contribution in [3.05, 3.63) is 34.2 Å². The van der Waals surface area contributed by atoms with E-state index in [9.17, 15) is 19.5 Å². The minimum atomic E-state index is -1.15. The van der Waals surface area contributed by atoms with Crippen LogP contribution in [0.3, 0.4) is 0 Å². The van der Waals surface area contributed by atoms with Gasteiger partial charge in [-0.05, 0) is 36.6 Å². The molecule has 32 heavy (non-hydrogen) atoms. The third-order valence-electron chi connectivity index (χ3n) is 5.07. The molecule has 0 atom stereocenters. The zero-order valence-corrected chi connectivity index (χ0v) is 20.1. The van der Waals surface area contributed by atoms with Crippen molar-refractivity contribution in [1.82, 2.24) is 9.80 Å². The first-order valence-electron chi connectivity index (χ1n) is 10.9. The van der Waals surface area contributed by atoms with E-state index in [2.05, 4.69) is 13.8 Å². The van der Waals surface area contributed by atoms with Crippen LogP contribution in [0, 0.1) is 0 Å². The van der Waals surface area contributed by atoms with Crippen molar-refractivity contribution >= 4 is 52.2 Å². The van der Waals surface area contributed by atoms with Gasteiger partial charge in [0.05, 0.1) is 10.5 Å². The molecule has 0 aliphatic carbocycles. The number of phenolic OH excluding ortho intramolecular Hbond substituents is 1. The Bertz CT molecular complexity index is 890. The summed E-state index contributed by atoms with van der Waals surface area (Å²) in [4.78, 5) is 39.8. The van der Waals surface area contributed by atoms with E-state index in [1.165, 1.54) is 6.07 Å². The Kier molecular flexibility index (Phi) is 10.2. The number of nitrogens with zero attached hydrogens (tertiary/aromatic N) is 2. The second-order valence-corrected chi connectivity index (χ2v) is 9.32. The van der Waals surface area contributed by atoms with Gasteiger partial charge in [-0.25, -0.2) is 0 Å². The average Bonchev–Trinajstić information content (AvgIpc) is 3.00. The Morgan fingerprint density at radius 1 is 1.12 bits per heavy atom. The highest BCUT2D eigenvalue weighted by atomic mass is 32.2. The standard InChI is InChI=1S/C23H30N2O5S2/c1-3-5-7-11-24(12-8-6-4-2)21(29)17-13-16(9-10-18(17)26)14-19-22(30)25(15-20(27)28)23(31)32-19/h9-10,13-14,26H,3-8,11-12,15H2,1-2H3,(H,27,28). The van der Waals surface area contributed by atoms with E-state index >= 15 is 0 Å². The third-order valence-corrected chi connectivity index (χ3v) is 6.44. The molecule has 0 aromatic heterocycles. The summed E-state index contributed by atoms with van der Waals surface area (Å²) in [5, 5.41) is 19.3. The van der Waals surface area contributed by atoms with Gasteiger partial charge in [-0.3, -0.25) is 19.3 Å². The Labute approximate surface area is 198 Å². The van der Waals surface area contributed by atoms with Gasteiger partial charge in [0.15, 0.2) is 0 Å². The summed E-state index contributed by atoms with van der Waals surface area (Å²) in [6.07, 6.45) is 7.54. The Morgan fingerprint density at radius 2 is 1.75 bits per heavy atom. The number of thiocarbonyl (C=S) groups is 1. The number of thioether (sulfide) groups is 1. The van der Waals surface area contributed by atoms with E-state index in [1.807, 2.05) is 0 Å². The summed E-state index contributed by atoms with van der Waals surface area (Å²) >= 11 is 6.13. The van der Waals surface area contributed by atoms with Gasteiger partial charge in [0, 0.05) is 13.1 Å². The minimum Gasteiger partial charge on any atom is -0.507 e. The highest BCUT2D eigenvalue weighted by molar-refractivity contribution is 8.26. The van der Waals surface area contributed by atoms with Crippen molar-refractivity contribution in [3.63, 3.8) is 0 Å². The van der Waals surface area contributed by atoms with E-state index in [-0.39, 0.29) is 26.4 Å². The Balaban J connectivity index is 2.25. The van der Waals surface area contributed by atoms with Gasteiger partial charge in [0.25, 0.3) is 11.8 Å². The van der Waals surface area contributed by atoms with Crippen molar-refractivity contribution < 1.29 is 24.6 Å². The molecule has 0 radical (unpaired) electrons. The van der Waals surface area contributed by atoms with Crippen LogP contribution in [0.25, 0.3) is 6.08 Å². The summed E-state index contributed by atoms with van der Waals surface area (Å²) in [6, 6.07) is 4.61. The molecule has 174 valence electrons. The SMILES string of the molecule is CCCCCN(CCCCC)C(=O)c1cc(C=C2SC(=S)N(CC(=O)O)C2=O)ccc1O. The first-order chi connectivity index (χ1) is 15.3. The number of hydrogen-bond donors (Lipinski definition) is 2. The highest BCUT2D eigenvalue weighted by Gasteiger charge is 2.33. The largest absolute Gasteiger partial charge is 0.507 e. The molecule has 2 amide bonds. The van der Waals surface area contributed by atoms with Crippen LogP contribution in [0.2, 0.25) is 0 Å². The lowest BCUT2D eigenvalue weighted by molar-refractivity contribution is -0.140. The van der Waals surface area contributed by atoms with Crippen LogP contribution in [-0.2, 0) is 9.59 Å². The van der Waals surface area contributed by atoms with Crippen molar-refractivity contribution in [2.45, 2.75) is 52.4 Å². The van der Waals surface area contributed by atoms with Crippen LogP contribution >= 0.6 is 24.0 Å². The molecule has 1 aliphatic rings. The van der Waals surface area contributed by atoms with Gasteiger partial charge in [-0.2, -0.15) is 0 Å². The van der Waals surface area contributed by atoms with Gasteiger partial charge in [0.2, 0.25) is 0 Å². The molecule has 1 saturated heterocycles. The number of carboxylic acids is 1. The van der Waals surface area contributed by atoms with Gasteiger partial charge < -0.3 is 15.1 Å². The fourth-order valence-electron chi connectivity index (χ4n) is 3.33. The number of aromatic hydroxyl groups is 1. The monoisotopic (exact) mass is 478 g/mol. The predicted octanol–water partition coefficient (Wildman–Crippen LogP) is 4.50. The molecule has 0 spiro atoms. The first kappa shape index (κ1) is 25.9. The normalized spacial score (nSPS) is 14.9. The maximum absolute atomic E-state index is 13.2. The van der Waals surface area contributed by atoms with E-state index in [4.69, 9.17) is 17.3 Å². The molecule has 0 saturated carbocycles. The number of carbonyl (C=O) groups is 3. The van der Waals surface area contributed by atoms with E-state index in [0.717, 1.165) is 55.2 Å². The number of aliphatic carboxylic acids is 1. The van der Waals surface area contributed by atoms with Gasteiger partial charge in [-0.15, -0.1) is 0 Å². The number of benzene rings is 1. The van der Waals surface area contributed by atoms with Crippen molar-refractivity contribution in [1.29, 1.82) is 0 Å². The molecule has 2 N–H and O–H groups in total. The molecular weight excluding hydrogens is 448 g/mol. The lowest BCUT2D eigenvalue weighted by Crippen LogP contribution is -2.33. The van der Waals surface area contributed by atoms with Crippen molar-refractivity contribution in [2.24, 2.45) is 0 Å². The quantitative estimate of drug-likeness (QED) is 0.259. The summed E-state index contributed by atoms with van der Waals surface area (Å²) in [5.74, 6) is -1.97. The highest BCUT2D eigenvalue weighted by Crippen LogP contribution is 2.33. The lowest BCUT2D eigenvalue weighted by atomic mass is 10.1. The summed E-state index contributed by atoms with van der Waals surface area (Å²) < 4.78 is 0.178. The summed E-state index contributed by atoms with van der Waals surface area (Å²) in [6.45, 7) is 4.99. The van der Waals surface area contributed by atoms with Crippen molar-refractivity contribution in [3.8, 4) is 5.75 Å². The number of unbranched alkanes of at least 4 members (excludes halogenated alkanes) is 4. The second-order valence-electron chi connectivity index (χ2n) is 7.64. The van der Waals surface area contributed by atoms with Crippen molar-refractivity contribution in [2.75, 3.05) is 19.6 Å². The molecule has 1 aromatic rings. The Hall–Kier alpha value is -2.39. The fraction of sp³-hybridized carbons (Fsp3) is 0.478. The lowest BCUT2D eigenvalue weighted by Gasteiger charge is -2.23. The Morgan fingerprint density at radius 3 is 2.31 bits per heavy atom. The number of amides is 2. The van der Waals surface area contributed by atoms with Crippen LogP contribution in [0.15, 0.2) is 23.1 Å². The summed E-state index contributed by atoms with van der Waals surface area (Å²) in [7, 11) is 0. The molecule has 1 heterocycles. The predicted molar refractivity (Wildman–Crippen MR) is 131 cm³/mol. The third kappa shape index (κ3) is 7.06. The maximum atomic E-state index is 13.2. The minimum absolute atomic E-state index is 0.110. The number of hydrogen-bond acceptors (Lipinski definition) is 6. The molecule has 0 bridgehead atoms. The smallest absolute Gasteiger partial charge is 0.323 e. The first-order valence-corrected chi connectivity index (χ1v) is 12.1. The molecule has 1 aliphatic heterocycles. The molecule has 9 heteroatoms. The molecule has 0 unspecified atom stereocenters. The fourth-order valence-corrected chi connectivity index (χ4v) is 4.58. The molecule has 7 nitrogen and oxygen atoms in total. The average molecular weight is 479 g/mol. The van der Waals surface area contributed by atoms with Crippen LogP contribution in [0.4, 0.5) is 0 Å². The molecule has 2 rings (SSSR count). The van der Waals surface area contributed by atoms with Crippen LogP contribution < -0.4 is 0 Å². The number of rotatable bonds is 12. The molecular formula is C23H30N2O5S2. The zero-order valence-electron chi connectivity index (χ0n) is 18.5. The number of carboxylic acid groups (broad SMARTS) is 1. The molecule has 1 fully saturated rings. The molecule has 1 aromatic carbocycles. The van der Waals surface area contributed by atoms with Gasteiger partial charge in [0.1, 0.15) is 16.6 Å². The maximum Gasteiger partial charge on any atom is 0.323 e. The summed E-state index contributed by atoms with van der Waals surface area (Å²) in [5.41, 5.74) is 0.747. The van der Waals surface area contributed by atoms with E-state index in [0.29, 0.717) is 18.7 Å². The van der Waals surface area contributed by atoms with Gasteiger partial charge >= 0.3 is 5.97 Å². The van der Waals surface area contributed by atoms with Gasteiger partial charge in [-0.1, -0.05) is 69.6 Å². The topological polar surface area (TPSA) is 98.2 Å². The number of carbonyl (C=O) groups excluding carboxylic acids is 2.